The monoisotopic (exact) mass is 285 g/mol. The van der Waals surface area contributed by atoms with Crippen LogP contribution in [-0.2, 0) is 4.79 Å². The standard InChI is InChI=1S/C17H23N3O/c1-12(5-3-6-13(2)18)17(21)20-16-8-4-7-14-9-10-19-11-15(14)16/h4,7-13H,3,5-6,18H2,1-2H3,(H,20,21). The summed E-state index contributed by atoms with van der Waals surface area (Å²) in [6.45, 7) is 3.95. The average Bonchev–Trinajstić information content (AvgIpc) is 2.47. The molecule has 1 aromatic heterocycles. The van der Waals surface area contributed by atoms with Crippen LogP contribution in [0.4, 0.5) is 5.69 Å². The summed E-state index contributed by atoms with van der Waals surface area (Å²) in [6, 6.07) is 8.01. The minimum Gasteiger partial charge on any atom is -0.328 e. The van der Waals surface area contributed by atoms with E-state index in [2.05, 4.69) is 10.3 Å². The maximum atomic E-state index is 12.3. The van der Waals surface area contributed by atoms with Crippen LogP contribution in [-0.4, -0.2) is 16.9 Å². The number of anilines is 1. The van der Waals surface area contributed by atoms with Crippen molar-refractivity contribution in [1.82, 2.24) is 4.98 Å². The highest BCUT2D eigenvalue weighted by molar-refractivity contribution is 6.02. The lowest BCUT2D eigenvalue weighted by atomic mass is 10.0. The SMILES string of the molecule is CC(N)CCCC(C)C(=O)Nc1cccc2ccncc12. The first-order valence-corrected chi connectivity index (χ1v) is 7.47. The Bertz CT molecular complexity index is 605. The number of hydrogen-bond acceptors (Lipinski definition) is 3. The summed E-state index contributed by atoms with van der Waals surface area (Å²) < 4.78 is 0. The van der Waals surface area contributed by atoms with Gasteiger partial charge in [-0.15, -0.1) is 0 Å². The number of pyridine rings is 1. The second kappa shape index (κ2) is 7.18. The third-order valence-electron chi connectivity index (χ3n) is 3.69. The van der Waals surface area contributed by atoms with Crippen LogP contribution in [0.3, 0.4) is 0 Å². The molecule has 0 fully saturated rings. The minimum atomic E-state index is -0.0179. The van der Waals surface area contributed by atoms with Crippen molar-refractivity contribution in [3.8, 4) is 0 Å². The Morgan fingerprint density at radius 2 is 2.10 bits per heavy atom. The van der Waals surface area contributed by atoms with E-state index in [1.165, 1.54) is 0 Å². The first kappa shape index (κ1) is 15.4. The van der Waals surface area contributed by atoms with E-state index < -0.39 is 0 Å². The largest absolute Gasteiger partial charge is 0.328 e. The van der Waals surface area contributed by atoms with Crippen molar-refractivity contribution in [2.75, 3.05) is 5.32 Å². The molecule has 112 valence electrons. The molecule has 0 radical (unpaired) electrons. The summed E-state index contributed by atoms with van der Waals surface area (Å²) in [5, 5.41) is 5.06. The molecule has 21 heavy (non-hydrogen) atoms. The molecule has 2 atom stereocenters. The van der Waals surface area contributed by atoms with Crippen LogP contribution < -0.4 is 11.1 Å². The van der Waals surface area contributed by atoms with Gasteiger partial charge >= 0.3 is 0 Å². The number of aromatic nitrogens is 1. The normalized spacial score (nSPS) is 13.9. The molecule has 4 nitrogen and oxygen atoms in total. The van der Waals surface area contributed by atoms with Gasteiger partial charge in [0, 0.05) is 29.7 Å². The molecular formula is C17H23N3O. The van der Waals surface area contributed by atoms with E-state index in [1.807, 2.05) is 38.1 Å². The third-order valence-corrected chi connectivity index (χ3v) is 3.69. The second-order valence-electron chi connectivity index (χ2n) is 5.70. The van der Waals surface area contributed by atoms with Gasteiger partial charge in [-0.25, -0.2) is 0 Å². The number of nitrogens with two attached hydrogens (primary N) is 1. The zero-order chi connectivity index (χ0) is 15.2. The number of nitrogens with zero attached hydrogens (tertiary/aromatic N) is 1. The first-order valence-electron chi connectivity index (χ1n) is 7.47. The van der Waals surface area contributed by atoms with Crippen LogP contribution in [0.1, 0.15) is 33.1 Å². The molecule has 2 rings (SSSR count). The molecule has 0 saturated carbocycles. The lowest BCUT2D eigenvalue weighted by Crippen LogP contribution is -2.21. The molecule has 2 unspecified atom stereocenters. The number of carbonyl (C=O) groups excluding carboxylic acids is 1. The predicted molar refractivity (Wildman–Crippen MR) is 87.0 cm³/mol. The molecule has 1 heterocycles. The number of hydrogen-bond donors (Lipinski definition) is 2. The molecule has 1 aromatic carbocycles. The van der Waals surface area contributed by atoms with Gasteiger partial charge in [0.25, 0.3) is 0 Å². The summed E-state index contributed by atoms with van der Waals surface area (Å²) in [4.78, 5) is 16.4. The fraction of sp³-hybridized carbons (Fsp3) is 0.412. The zero-order valence-corrected chi connectivity index (χ0v) is 12.7. The Balaban J connectivity index is 2.01. The highest BCUT2D eigenvalue weighted by Crippen LogP contribution is 2.23. The van der Waals surface area contributed by atoms with Gasteiger partial charge in [0.2, 0.25) is 5.91 Å². The lowest BCUT2D eigenvalue weighted by molar-refractivity contribution is -0.119. The summed E-state index contributed by atoms with van der Waals surface area (Å²) in [5.41, 5.74) is 6.56. The van der Waals surface area contributed by atoms with Crippen molar-refractivity contribution in [1.29, 1.82) is 0 Å². The molecule has 1 amide bonds. The van der Waals surface area contributed by atoms with Crippen molar-refractivity contribution in [2.45, 2.75) is 39.2 Å². The molecule has 0 aliphatic carbocycles. The third kappa shape index (κ3) is 4.26. The maximum Gasteiger partial charge on any atom is 0.227 e. The number of nitrogens with one attached hydrogen (secondary N) is 1. The van der Waals surface area contributed by atoms with Crippen molar-refractivity contribution < 1.29 is 4.79 Å². The van der Waals surface area contributed by atoms with Crippen LogP contribution in [0.15, 0.2) is 36.7 Å². The number of benzene rings is 1. The minimum absolute atomic E-state index is 0.0179. The molecule has 0 saturated heterocycles. The van der Waals surface area contributed by atoms with E-state index in [1.54, 1.807) is 12.4 Å². The molecule has 3 N–H and O–H groups in total. The van der Waals surface area contributed by atoms with Crippen molar-refractivity contribution in [2.24, 2.45) is 11.7 Å². The maximum absolute atomic E-state index is 12.3. The van der Waals surface area contributed by atoms with Gasteiger partial charge in [-0.1, -0.05) is 25.5 Å². The predicted octanol–water partition coefficient (Wildman–Crippen LogP) is 3.33. The van der Waals surface area contributed by atoms with Gasteiger partial charge < -0.3 is 11.1 Å². The van der Waals surface area contributed by atoms with Crippen molar-refractivity contribution in [3.63, 3.8) is 0 Å². The van der Waals surface area contributed by atoms with Crippen LogP contribution in [0, 0.1) is 5.92 Å². The van der Waals surface area contributed by atoms with Gasteiger partial charge in [-0.05, 0) is 37.3 Å². The van der Waals surface area contributed by atoms with Crippen LogP contribution in [0.5, 0.6) is 0 Å². The first-order chi connectivity index (χ1) is 10.1. The number of carbonyl (C=O) groups is 1. The van der Waals surface area contributed by atoms with Crippen LogP contribution in [0.2, 0.25) is 0 Å². The van der Waals surface area contributed by atoms with E-state index >= 15 is 0 Å². The molecule has 0 spiro atoms. The fourth-order valence-corrected chi connectivity index (χ4v) is 2.36. The summed E-state index contributed by atoms with van der Waals surface area (Å²) in [5.74, 6) is 0.0340. The quantitative estimate of drug-likeness (QED) is 0.855. The summed E-state index contributed by atoms with van der Waals surface area (Å²) in [7, 11) is 0. The van der Waals surface area contributed by atoms with Gasteiger partial charge in [0.1, 0.15) is 0 Å². The number of amides is 1. The Kier molecular flexibility index (Phi) is 5.28. The highest BCUT2D eigenvalue weighted by atomic mass is 16.1. The molecule has 4 heteroatoms. The van der Waals surface area contributed by atoms with E-state index in [-0.39, 0.29) is 17.9 Å². The molecule has 0 aliphatic rings. The zero-order valence-electron chi connectivity index (χ0n) is 12.7. The summed E-state index contributed by atoms with van der Waals surface area (Å²) >= 11 is 0. The van der Waals surface area contributed by atoms with E-state index in [0.29, 0.717) is 0 Å². The fourth-order valence-electron chi connectivity index (χ4n) is 2.36. The Morgan fingerprint density at radius 1 is 1.29 bits per heavy atom. The molecule has 0 aliphatic heterocycles. The molecule has 0 bridgehead atoms. The highest BCUT2D eigenvalue weighted by Gasteiger charge is 2.14. The Hall–Kier alpha value is -1.94. The van der Waals surface area contributed by atoms with E-state index in [9.17, 15) is 4.79 Å². The van der Waals surface area contributed by atoms with Gasteiger partial charge in [-0.3, -0.25) is 9.78 Å². The number of rotatable bonds is 6. The average molecular weight is 285 g/mol. The topological polar surface area (TPSA) is 68.0 Å². The number of fused-ring (bicyclic) bond motifs is 1. The van der Waals surface area contributed by atoms with Crippen molar-refractivity contribution in [3.05, 3.63) is 36.7 Å². The summed E-state index contributed by atoms with van der Waals surface area (Å²) in [6.07, 6.45) is 6.33. The van der Waals surface area contributed by atoms with Gasteiger partial charge in [0.15, 0.2) is 0 Å². The van der Waals surface area contributed by atoms with E-state index in [4.69, 9.17) is 5.73 Å². The van der Waals surface area contributed by atoms with Crippen LogP contribution in [0.25, 0.3) is 10.8 Å². The molecular weight excluding hydrogens is 262 g/mol. The van der Waals surface area contributed by atoms with Gasteiger partial charge in [0.05, 0.1) is 5.69 Å². The lowest BCUT2D eigenvalue weighted by Gasteiger charge is -2.14. The Labute approximate surface area is 125 Å². The smallest absolute Gasteiger partial charge is 0.227 e. The Morgan fingerprint density at radius 3 is 2.86 bits per heavy atom. The van der Waals surface area contributed by atoms with Crippen molar-refractivity contribution >= 4 is 22.4 Å². The van der Waals surface area contributed by atoms with Gasteiger partial charge in [-0.2, -0.15) is 0 Å². The second-order valence-corrected chi connectivity index (χ2v) is 5.70. The van der Waals surface area contributed by atoms with Crippen LogP contribution >= 0.6 is 0 Å². The molecule has 2 aromatic rings. The van der Waals surface area contributed by atoms with E-state index in [0.717, 1.165) is 35.7 Å².